The van der Waals surface area contributed by atoms with Gasteiger partial charge in [0, 0.05) is 19.7 Å². The highest BCUT2D eigenvalue weighted by Gasteiger charge is 2.09. The standard InChI is InChI=1S/C11H19N3O/c1-13-6-4-3-5-11(15)10-7-9(12)8-14(10)2/h7-8,13H,3-6,12H2,1-2H3. The molecule has 0 amide bonds. The number of Topliss-reactive ketones (excluding diaryl/α,β-unsaturated/α-hetero) is 1. The van der Waals surface area contributed by atoms with Crippen LogP contribution >= 0.6 is 0 Å². The summed E-state index contributed by atoms with van der Waals surface area (Å²) in [5, 5.41) is 3.06. The van der Waals surface area contributed by atoms with Gasteiger partial charge in [-0.3, -0.25) is 4.79 Å². The molecule has 1 heterocycles. The van der Waals surface area contributed by atoms with E-state index in [2.05, 4.69) is 5.32 Å². The number of carbonyl (C=O) groups is 1. The van der Waals surface area contributed by atoms with Gasteiger partial charge < -0.3 is 15.6 Å². The molecule has 84 valence electrons. The summed E-state index contributed by atoms with van der Waals surface area (Å²) < 4.78 is 1.79. The molecule has 3 N–H and O–H groups in total. The number of rotatable bonds is 6. The lowest BCUT2D eigenvalue weighted by Crippen LogP contribution is -2.09. The molecule has 0 saturated carbocycles. The van der Waals surface area contributed by atoms with Crippen molar-refractivity contribution in [1.29, 1.82) is 0 Å². The molecule has 4 nitrogen and oxygen atoms in total. The van der Waals surface area contributed by atoms with Gasteiger partial charge in [0.15, 0.2) is 5.78 Å². The Bertz CT molecular complexity index is 331. The van der Waals surface area contributed by atoms with Gasteiger partial charge in [-0.15, -0.1) is 0 Å². The summed E-state index contributed by atoms with van der Waals surface area (Å²) in [6, 6.07) is 1.74. The molecule has 1 aromatic heterocycles. The van der Waals surface area contributed by atoms with Gasteiger partial charge in [0.2, 0.25) is 0 Å². The van der Waals surface area contributed by atoms with Crippen LogP contribution in [-0.4, -0.2) is 23.9 Å². The number of nitrogens with one attached hydrogen (secondary N) is 1. The molecule has 0 atom stereocenters. The lowest BCUT2D eigenvalue weighted by atomic mass is 10.1. The summed E-state index contributed by atoms with van der Waals surface area (Å²) in [4.78, 5) is 11.7. The van der Waals surface area contributed by atoms with Gasteiger partial charge in [-0.05, 0) is 32.5 Å². The highest BCUT2D eigenvalue weighted by atomic mass is 16.1. The average Bonchev–Trinajstić information content (AvgIpc) is 2.52. The molecule has 0 spiro atoms. The Balaban J connectivity index is 2.43. The number of hydrogen-bond donors (Lipinski definition) is 2. The van der Waals surface area contributed by atoms with E-state index < -0.39 is 0 Å². The fourth-order valence-electron chi connectivity index (χ4n) is 1.58. The second-order valence-electron chi connectivity index (χ2n) is 3.75. The maximum absolute atomic E-state index is 11.7. The van der Waals surface area contributed by atoms with Crippen LogP contribution in [-0.2, 0) is 7.05 Å². The summed E-state index contributed by atoms with van der Waals surface area (Å²) in [6.45, 7) is 0.961. The molecule has 0 saturated heterocycles. The highest BCUT2D eigenvalue weighted by molar-refractivity contribution is 5.95. The molecular formula is C11H19N3O. The second kappa shape index (κ2) is 5.56. The van der Waals surface area contributed by atoms with E-state index in [-0.39, 0.29) is 5.78 Å². The lowest BCUT2D eigenvalue weighted by molar-refractivity contribution is 0.0971. The minimum absolute atomic E-state index is 0.172. The van der Waals surface area contributed by atoms with E-state index in [9.17, 15) is 4.79 Å². The topological polar surface area (TPSA) is 60.1 Å². The molecule has 1 rings (SSSR count). The first-order valence-electron chi connectivity index (χ1n) is 5.24. The molecule has 0 aromatic carbocycles. The van der Waals surface area contributed by atoms with Crippen LogP contribution in [0.2, 0.25) is 0 Å². The maximum Gasteiger partial charge on any atom is 0.179 e. The molecule has 1 aromatic rings. The van der Waals surface area contributed by atoms with Gasteiger partial charge in [0.1, 0.15) is 0 Å². The predicted molar refractivity (Wildman–Crippen MR) is 61.9 cm³/mol. The van der Waals surface area contributed by atoms with Gasteiger partial charge in [0.05, 0.1) is 11.4 Å². The smallest absolute Gasteiger partial charge is 0.179 e. The van der Waals surface area contributed by atoms with Gasteiger partial charge in [0.25, 0.3) is 0 Å². The van der Waals surface area contributed by atoms with Crippen molar-refractivity contribution in [2.45, 2.75) is 19.3 Å². The number of anilines is 1. The molecule has 0 aliphatic rings. The van der Waals surface area contributed by atoms with Crippen LogP contribution in [0.5, 0.6) is 0 Å². The highest BCUT2D eigenvalue weighted by Crippen LogP contribution is 2.12. The Morgan fingerprint density at radius 2 is 2.27 bits per heavy atom. The van der Waals surface area contributed by atoms with E-state index in [4.69, 9.17) is 5.73 Å². The zero-order chi connectivity index (χ0) is 11.3. The molecule has 0 unspecified atom stereocenters. The first-order valence-corrected chi connectivity index (χ1v) is 5.24. The normalized spacial score (nSPS) is 10.5. The molecule has 0 radical (unpaired) electrons. The quantitative estimate of drug-likeness (QED) is 0.546. The molecule has 15 heavy (non-hydrogen) atoms. The Labute approximate surface area is 90.5 Å². The first-order chi connectivity index (χ1) is 7.15. The van der Waals surface area contributed by atoms with E-state index in [0.29, 0.717) is 17.8 Å². The van der Waals surface area contributed by atoms with Crippen LogP contribution in [0.3, 0.4) is 0 Å². The number of nitrogens with two attached hydrogens (primary N) is 1. The van der Waals surface area contributed by atoms with Gasteiger partial charge >= 0.3 is 0 Å². The fourth-order valence-corrected chi connectivity index (χ4v) is 1.58. The van der Waals surface area contributed by atoms with Gasteiger partial charge in [-0.1, -0.05) is 0 Å². The molecule has 0 bridgehead atoms. The van der Waals surface area contributed by atoms with Crippen molar-refractivity contribution in [3.63, 3.8) is 0 Å². The number of nitrogen functional groups attached to an aromatic ring is 1. The Morgan fingerprint density at radius 3 is 2.80 bits per heavy atom. The number of aryl methyl sites for hydroxylation is 1. The van der Waals surface area contributed by atoms with E-state index in [1.54, 1.807) is 16.8 Å². The van der Waals surface area contributed by atoms with Crippen LogP contribution in [0, 0.1) is 0 Å². The molecule has 4 heteroatoms. The predicted octanol–water partition coefficient (Wildman–Crippen LogP) is 1.18. The minimum atomic E-state index is 0.172. The van der Waals surface area contributed by atoms with Gasteiger partial charge in [-0.2, -0.15) is 0 Å². The molecule has 0 fully saturated rings. The van der Waals surface area contributed by atoms with Crippen molar-refractivity contribution in [1.82, 2.24) is 9.88 Å². The Morgan fingerprint density at radius 1 is 1.53 bits per heavy atom. The van der Waals surface area contributed by atoms with Crippen molar-refractivity contribution in [3.05, 3.63) is 18.0 Å². The number of ketones is 1. The molecule has 0 aliphatic carbocycles. The van der Waals surface area contributed by atoms with E-state index in [1.165, 1.54) is 0 Å². The summed E-state index contributed by atoms with van der Waals surface area (Å²) in [6.07, 6.45) is 4.31. The number of nitrogens with zero attached hydrogens (tertiary/aromatic N) is 1. The Kier molecular flexibility index (Phi) is 4.37. The van der Waals surface area contributed by atoms with E-state index >= 15 is 0 Å². The van der Waals surface area contributed by atoms with Gasteiger partial charge in [-0.25, -0.2) is 0 Å². The first kappa shape index (κ1) is 11.8. The number of unbranched alkanes of at least 4 members (excludes halogenated alkanes) is 1. The summed E-state index contributed by atoms with van der Waals surface area (Å²) in [5.41, 5.74) is 6.97. The van der Waals surface area contributed by atoms with Crippen molar-refractivity contribution < 1.29 is 4.79 Å². The van der Waals surface area contributed by atoms with Crippen molar-refractivity contribution >= 4 is 11.5 Å². The van der Waals surface area contributed by atoms with Crippen LogP contribution in [0.25, 0.3) is 0 Å². The number of aromatic nitrogens is 1. The largest absolute Gasteiger partial charge is 0.397 e. The van der Waals surface area contributed by atoms with Crippen LogP contribution in [0.4, 0.5) is 5.69 Å². The number of hydrogen-bond acceptors (Lipinski definition) is 3. The second-order valence-corrected chi connectivity index (χ2v) is 3.75. The fraction of sp³-hybridized carbons (Fsp3) is 0.545. The van der Waals surface area contributed by atoms with Crippen molar-refractivity contribution in [2.75, 3.05) is 19.3 Å². The Hall–Kier alpha value is -1.29. The lowest BCUT2D eigenvalue weighted by Gasteiger charge is -2.02. The monoisotopic (exact) mass is 209 g/mol. The number of carbonyl (C=O) groups excluding carboxylic acids is 1. The minimum Gasteiger partial charge on any atom is -0.397 e. The summed E-state index contributed by atoms with van der Waals surface area (Å²) in [5.74, 6) is 0.172. The zero-order valence-electron chi connectivity index (χ0n) is 9.42. The molecular weight excluding hydrogens is 190 g/mol. The van der Waals surface area contributed by atoms with Crippen molar-refractivity contribution in [3.8, 4) is 0 Å². The summed E-state index contributed by atoms with van der Waals surface area (Å²) in [7, 11) is 3.76. The zero-order valence-corrected chi connectivity index (χ0v) is 9.42. The third-order valence-electron chi connectivity index (χ3n) is 2.39. The maximum atomic E-state index is 11.7. The van der Waals surface area contributed by atoms with Crippen LogP contribution < -0.4 is 11.1 Å². The van der Waals surface area contributed by atoms with Crippen LogP contribution in [0.15, 0.2) is 12.3 Å². The van der Waals surface area contributed by atoms with E-state index in [0.717, 1.165) is 19.4 Å². The summed E-state index contributed by atoms with van der Waals surface area (Å²) >= 11 is 0. The molecule has 0 aliphatic heterocycles. The average molecular weight is 209 g/mol. The van der Waals surface area contributed by atoms with Crippen LogP contribution in [0.1, 0.15) is 29.8 Å². The SMILES string of the molecule is CNCCCCC(=O)c1cc(N)cn1C. The van der Waals surface area contributed by atoms with E-state index in [1.807, 2.05) is 14.1 Å². The third-order valence-corrected chi connectivity index (χ3v) is 2.39. The third kappa shape index (κ3) is 3.40. The van der Waals surface area contributed by atoms with Crippen molar-refractivity contribution in [2.24, 2.45) is 7.05 Å².